The third-order valence-electron chi connectivity index (χ3n) is 2.21. The molecule has 0 fully saturated rings. The van der Waals surface area contributed by atoms with Crippen LogP contribution in [0.4, 0.5) is 8.78 Å². The molecule has 0 aliphatic carbocycles. The van der Waals surface area contributed by atoms with Gasteiger partial charge in [-0.25, -0.2) is 8.78 Å². The Labute approximate surface area is 96.3 Å². The van der Waals surface area contributed by atoms with Crippen molar-refractivity contribution >= 4 is 6.08 Å². The van der Waals surface area contributed by atoms with Crippen molar-refractivity contribution in [2.75, 3.05) is 7.11 Å². The van der Waals surface area contributed by atoms with E-state index in [0.717, 1.165) is 6.07 Å². The van der Waals surface area contributed by atoms with E-state index in [9.17, 15) is 8.78 Å². The summed E-state index contributed by atoms with van der Waals surface area (Å²) in [7, 11) is 1.44. The number of rotatable bonds is 3. The smallest absolute Gasteiger partial charge is 0.134 e. The Morgan fingerprint density at radius 1 is 1.29 bits per heavy atom. The van der Waals surface area contributed by atoms with E-state index in [1.807, 2.05) is 0 Å². The van der Waals surface area contributed by atoms with Gasteiger partial charge in [0.2, 0.25) is 0 Å². The lowest BCUT2D eigenvalue weighted by molar-refractivity contribution is 0.341. The molecule has 0 atom stereocenters. The largest absolute Gasteiger partial charge is 0.504 e. The van der Waals surface area contributed by atoms with E-state index in [4.69, 9.17) is 0 Å². The third-order valence-corrected chi connectivity index (χ3v) is 2.21. The van der Waals surface area contributed by atoms with Crippen LogP contribution in [0.25, 0.3) is 17.2 Å². The molecule has 0 unspecified atom stereocenters. The Balaban J connectivity index is 2.50. The van der Waals surface area contributed by atoms with Crippen LogP contribution in [0, 0.1) is 11.6 Å². The molecule has 1 aromatic carbocycles. The first-order chi connectivity index (χ1) is 8.22. The molecule has 5 heteroatoms. The van der Waals surface area contributed by atoms with E-state index in [1.54, 1.807) is 0 Å². The van der Waals surface area contributed by atoms with Gasteiger partial charge in [0.25, 0.3) is 0 Å². The fourth-order valence-corrected chi connectivity index (χ4v) is 1.39. The van der Waals surface area contributed by atoms with Gasteiger partial charge in [-0.1, -0.05) is 5.16 Å². The molecule has 0 saturated heterocycles. The summed E-state index contributed by atoms with van der Waals surface area (Å²) in [6.45, 7) is 0. The zero-order valence-corrected chi connectivity index (χ0v) is 8.98. The minimum absolute atomic E-state index is 0.225. The first-order valence-corrected chi connectivity index (χ1v) is 4.80. The number of halogens is 2. The highest BCUT2D eigenvalue weighted by Crippen LogP contribution is 2.26. The monoisotopic (exact) mass is 237 g/mol. The van der Waals surface area contributed by atoms with E-state index in [1.165, 1.54) is 38.0 Å². The fraction of sp³-hybridized carbons (Fsp3) is 0.0833. The lowest BCUT2D eigenvalue weighted by Gasteiger charge is -2.03. The van der Waals surface area contributed by atoms with Gasteiger partial charge in [0, 0.05) is 22.8 Å². The number of hydrogen-bond donors (Lipinski definition) is 0. The van der Waals surface area contributed by atoms with Gasteiger partial charge in [0.05, 0.1) is 19.6 Å². The van der Waals surface area contributed by atoms with Gasteiger partial charge in [-0.05, 0) is 12.1 Å². The highest BCUT2D eigenvalue weighted by atomic mass is 19.1. The van der Waals surface area contributed by atoms with Crippen LogP contribution in [0.2, 0.25) is 0 Å². The van der Waals surface area contributed by atoms with Gasteiger partial charge in [-0.2, -0.15) is 0 Å². The van der Waals surface area contributed by atoms with Crippen molar-refractivity contribution in [3.63, 3.8) is 0 Å². The molecular weight excluding hydrogens is 228 g/mol. The van der Waals surface area contributed by atoms with Crippen molar-refractivity contribution in [1.82, 2.24) is 5.16 Å². The Bertz CT molecular complexity index is 536. The third kappa shape index (κ3) is 2.33. The second-order valence-corrected chi connectivity index (χ2v) is 3.31. The van der Waals surface area contributed by atoms with Crippen LogP contribution < -0.4 is 0 Å². The van der Waals surface area contributed by atoms with Gasteiger partial charge in [-0.15, -0.1) is 0 Å². The van der Waals surface area contributed by atoms with Gasteiger partial charge >= 0.3 is 0 Å². The summed E-state index contributed by atoms with van der Waals surface area (Å²) in [6.07, 6.45) is 5.37. The normalized spacial score (nSPS) is 11.0. The topological polar surface area (TPSA) is 35.3 Å². The van der Waals surface area contributed by atoms with Gasteiger partial charge in [0.1, 0.15) is 17.9 Å². The number of nitrogens with zero attached hydrogens (tertiary/aromatic N) is 1. The van der Waals surface area contributed by atoms with Crippen molar-refractivity contribution in [1.29, 1.82) is 0 Å². The number of hydrogen-bond acceptors (Lipinski definition) is 3. The lowest BCUT2D eigenvalue weighted by Crippen LogP contribution is -1.90. The Morgan fingerprint density at radius 2 is 2.12 bits per heavy atom. The van der Waals surface area contributed by atoms with Crippen molar-refractivity contribution < 1.29 is 18.0 Å². The van der Waals surface area contributed by atoms with Crippen molar-refractivity contribution in [2.45, 2.75) is 0 Å². The summed E-state index contributed by atoms with van der Waals surface area (Å²) < 4.78 is 36.3. The van der Waals surface area contributed by atoms with E-state index in [2.05, 4.69) is 14.4 Å². The van der Waals surface area contributed by atoms with Crippen LogP contribution in [0.5, 0.6) is 0 Å². The maximum Gasteiger partial charge on any atom is 0.134 e. The van der Waals surface area contributed by atoms with Gasteiger partial charge in [-0.3, -0.25) is 0 Å². The highest BCUT2D eigenvalue weighted by Gasteiger charge is 2.11. The molecule has 0 amide bonds. The summed E-state index contributed by atoms with van der Waals surface area (Å²) >= 11 is 0. The van der Waals surface area contributed by atoms with Crippen LogP contribution >= 0.6 is 0 Å². The van der Waals surface area contributed by atoms with Crippen LogP contribution in [0.1, 0.15) is 5.56 Å². The molecule has 1 aromatic heterocycles. The number of ether oxygens (including phenoxy) is 1. The average molecular weight is 237 g/mol. The Kier molecular flexibility index (Phi) is 3.18. The Morgan fingerprint density at radius 3 is 2.76 bits per heavy atom. The predicted octanol–water partition coefficient (Wildman–Crippen LogP) is 3.24. The molecule has 17 heavy (non-hydrogen) atoms. The van der Waals surface area contributed by atoms with Crippen molar-refractivity contribution in [3.05, 3.63) is 48.1 Å². The molecule has 0 N–H and O–H groups in total. The molecule has 3 nitrogen and oxygen atoms in total. The molecule has 0 aliphatic heterocycles. The van der Waals surface area contributed by atoms with Crippen molar-refractivity contribution in [3.8, 4) is 11.1 Å². The second-order valence-electron chi connectivity index (χ2n) is 3.31. The van der Waals surface area contributed by atoms with Crippen LogP contribution in [0.3, 0.4) is 0 Å². The fourth-order valence-electron chi connectivity index (χ4n) is 1.39. The summed E-state index contributed by atoms with van der Waals surface area (Å²) in [5, 5.41) is 3.48. The summed E-state index contributed by atoms with van der Waals surface area (Å²) in [5.74, 6) is -1.32. The number of aromatic nitrogens is 1. The molecule has 0 saturated carbocycles. The van der Waals surface area contributed by atoms with E-state index in [-0.39, 0.29) is 11.1 Å². The minimum Gasteiger partial charge on any atom is -0.504 e. The highest BCUT2D eigenvalue weighted by molar-refractivity contribution is 5.66. The average Bonchev–Trinajstić information content (AvgIpc) is 2.81. The van der Waals surface area contributed by atoms with Crippen LogP contribution in [-0.2, 0) is 4.74 Å². The molecule has 2 aromatic rings. The van der Waals surface area contributed by atoms with Crippen LogP contribution in [-0.4, -0.2) is 12.3 Å². The molecule has 0 spiro atoms. The molecule has 0 radical (unpaired) electrons. The minimum atomic E-state index is -0.666. The molecule has 0 aliphatic rings. The number of methoxy groups -OCH3 is 1. The maximum atomic E-state index is 13.6. The first-order valence-electron chi connectivity index (χ1n) is 4.80. The zero-order chi connectivity index (χ0) is 12.3. The molecule has 0 bridgehead atoms. The second kappa shape index (κ2) is 4.78. The lowest BCUT2D eigenvalue weighted by atomic mass is 10.0. The van der Waals surface area contributed by atoms with Crippen LogP contribution in [0.15, 0.2) is 35.4 Å². The number of benzene rings is 1. The molecule has 88 valence electrons. The molecule has 2 rings (SSSR count). The summed E-state index contributed by atoms with van der Waals surface area (Å²) in [4.78, 5) is 0. The zero-order valence-electron chi connectivity index (χ0n) is 8.98. The quantitative estimate of drug-likeness (QED) is 0.769. The van der Waals surface area contributed by atoms with Gasteiger partial charge < -0.3 is 9.26 Å². The summed E-state index contributed by atoms with van der Waals surface area (Å²) in [6, 6.07) is 2.18. The predicted molar refractivity (Wildman–Crippen MR) is 57.9 cm³/mol. The van der Waals surface area contributed by atoms with E-state index in [0.29, 0.717) is 5.56 Å². The van der Waals surface area contributed by atoms with E-state index < -0.39 is 11.6 Å². The standard InChI is InChI=1S/C12H9F2NO2/c1-16-3-2-8-4-10(9-6-15-17-7-9)12(14)5-11(8)13/h2-7H,1H3/b3-2+. The van der Waals surface area contributed by atoms with E-state index >= 15 is 0 Å². The van der Waals surface area contributed by atoms with Gasteiger partial charge in [0.15, 0.2) is 0 Å². The van der Waals surface area contributed by atoms with Crippen molar-refractivity contribution in [2.24, 2.45) is 0 Å². The summed E-state index contributed by atoms with van der Waals surface area (Å²) in [5.41, 5.74) is 0.905. The SMILES string of the molecule is CO/C=C/c1cc(-c2cnoc2)c(F)cc1F. The molecule has 1 heterocycles. The molecular formula is C12H9F2NO2. The first kappa shape index (κ1) is 11.3. The Hall–Kier alpha value is -2.17. The maximum absolute atomic E-state index is 13.6.